The maximum absolute atomic E-state index is 12.2. The van der Waals surface area contributed by atoms with Crippen LogP contribution in [0, 0.1) is 5.92 Å². The van der Waals surface area contributed by atoms with E-state index in [1.165, 1.54) is 12.8 Å². The van der Waals surface area contributed by atoms with E-state index in [2.05, 4.69) is 21.0 Å². The molecule has 0 bridgehead atoms. The van der Waals surface area contributed by atoms with Crippen molar-refractivity contribution < 1.29 is 32.6 Å². The molecule has 2 N–H and O–H groups in total. The standard InChI is InChI=1S/C19H27N5O2.C2HF3O2/c1-22-6-2-3-17(22)19(25)20-11-16-13-24-8-7-23(14-18(24)21-16)12-15-4-9-26-10-5-15;3-2(4,5)1(6)7/h2-3,6,13,15H,4-5,7-12,14H2,1H3,(H,20,25);(H,6,7). The molecule has 0 unspecified atom stereocenters. The van der Waals surface area contributed by atoms with Gasteiger partial charge in [-0.1, -0.05) is 0 Å². The van der Waals surface area contributed by atoms with Crippen molar-refractivity contribution in [2.45, 2.75) is 38.7 Å². The van der Waals surface area contributed by atoms with Crippen molar-refractivity contribution in [3.05, 3.63) is 41.7 Å². The molecule has 4 rings (SSSR count). The minimum Gasteiger partial charge on any atom is -0.475 e. The number of hydrogen-bond acceptors (Lipinski definition) is 5. The van der Waals surface area contributed by atoms with Gasteiger partial charge < -0.3 is 24.3 Å². The Labute approximate surface area is 189 Å². The summed E-state index contributed by atoms with van der Waals surface area (Å²) in [6.45, 7) is 6.33. The van der Waals surface area contributed by atoms with Crippen molar-refractivity contribution in [3.63, 3.8) is 0 Å². The molecule has 33 heavy (non-hydrogen) atoms. The highest BCUT2D eigenvalue weighted by Crippen LogP contribution is 2.20. The number of rotatable bonds is 5. The number of aromatic nitrogens is 3. The van der Waals surface area contributed by atoms with Crippen molar-refractivity contribution in [2.24, 2.45) is 13.0 Å². The fourth-order valence-electron chi connectivity index (χ4n) is 3.85. The molecular weight excluding hydrogens is 443 g/mol. The van der Waals surface area contributed by atoms with Crippen LogP contribution in [0.4, 0.5) is 13.2 Å². The molecule has 2 aliphatic rings. The highest BCUT2D eigenvalue weighted by Gasteiger charge is 2.38. The van der Waals surface area contributed by atoms with Crippen LogP contribution < -0.4 is 5.32 Å². The first-order valence-electron chi connectivity index (χ1n) is 10.7. The third-order valence-electron chi connectivity index (χ3n) is 5.64. The molecule has 4 heterocycles. The molecule has 12 heteroatoms. The number of amides is 1. The molecule has 2 aromatic rings. The largest absolute Gasteiger partial charge is 0.490 e. The Kier molecular flexibility index (Phi) is 8.14. The Hall–Kier alpha value is -2.86. The lowest BCUT2D eigenvalue weighted by atomic mass is 9.99. The van der Waals surface area contributed by atoms with Gasteiger partial charge in [-0.3, -0.25) is 9.69 Å². The third-order valence-corrected chi connectivity index (χ3v) is 5.64. The molecule has 182 valence electrons. The van der Waals surface area contributed by atoms with E-state index in [0.717, 1.165) is 56.8 Å². The second-order valence-corrected chi connectivity index (χ2v) is 8.12. The molecule has 2 aliphatic heterocycles. The summed E-state index contributed by atoms with van der Waals surface area (Å²) < 4.78 is 41.2. The van der Waals surface area contributed by atoms with Gasteiger partial charge >= 0.3 is 12.1 Å². The lowest BCUT2D eigenvalue weighted by Gasteiger charge is -2.32. The van der Waals surface area contributed by atoms with Gasteiger partial charge in [0.2, 0.25) is 0 Å². The highest BCUT2D eigenvalue weighted by molar-refractivity contribution is 5.92. The van der Waals surface area contributed by atoms with E-state index >= 15 is 0 Å². The summed E-state index contributed by atoms with van der Waals surface area (Å²) in [5.74, 6) is -0.974. The van der Waals surface area contributed by atoms with Crippen molar-refractivity contribution in [3.8, 4) is 0 Å². The van der Waals surface area contributed by atoms with Gasteiger partial charge in [-0.05, 0) is 30.9 Å². The fourth-order valence-corrected chi connectivity index (χ4v) is 3.85. The Morgan fingerprint density at radius 1 is 1.27 bits per heavy atom. The van der Waals surface area contributed by atoms with Crippen LogP contribution in [0.15, 0.2) is 24.5 Å². The zero-order chi connectivity index (χ0) is 24.0. The van der Waals surface area contributed by atoms with E-state index in [-0.39, 0.29) is 5.91 Å². The maximum Gasteiger partial charge on any atom is 0.490 e. The Bertz CT molecular complexity index is 950. The summed E-state index contributed by atoms with van der Waals surface area (Å²) in [4.78, 5) is 28.4. The van der Waals surface area contributed by atoms with Gasteiger partial charge in [-0.15, -0.1) is 0 Å². The summed E-state index contributed by atoms with van der Waals surface area (Å²) in [5.41, 5.74) is 1.59. The van der Waals surface area contributed by atoms with Gasteiger partial charge in [0.05, 0.1) is 18.8 Å². The lowest BCUT2D eigenvalue weighted by Crippen LogP contribution is -2.38. The third kappa shape index (κ3) is 7.06. The monoisotopic (exact) mass is 471 g/mol. The van der Waals surface area contributed by atoms with Crippen molar-refractivity contribution in [1.29, 1.82) is 0 Å². The topological polar surface area (TPSA) is 102 Å². The number of aliphatic carboxylic acids is 1. The number of nitrogens with one attached hydrogen (secondary N) is 1. The van der Waals surface area contributed by atoms with E-state index in [4.69, 9.17) is 19.6 Å². The minimum atomic E-state index is -5.08. The van der Waals surface area contributed by atoms with Crippen LogP contribution in [0.2, 0.25) is 0 Å². The number of carboxylic acid groups (broad SMARTS) is 1. The average Bonchev–Trinajstić information content (AvgIpc) is 3.38. The summed E-state index contributed by atoms with van der Waals surface area (Å²) in [7, 11) is 1.87. The molecule has 0 atom stereocenters. The molecule has 9 nitrogen and oxygen atoms in total. The predicted octanol–water partition coefficient (Wildman–Crippen LogP) is 2.03. The SMILES string of the molecule is Cn1cccc1C(=O)NCc1cn2c(n1)CN(CC1CCOCC1)CC2.O=C(O)C(F)(F)F. The van der Waals surface area contributed by atoms with Crippen molar-refractivity contribution in [2.75, 3.05) is 26.3 Å². The number of carbonyl (C=O) groups excluding carboxylic acids is 1. The minimum absolute atomic E-state index is 0.0652. The van der Waals surface area contributed by atoms with Crippen LogP contribution in [0.3, 0.4) is 0 Å². The van der Waals surface area contributed by atoms with Crippen molar-refractivity contribution >= 4 is 11.9 Å². The molecule has 1 amide bonds. The van der Waals surface area contributed by atoms with Crippen LogP contribution in [-0.4, -0.2) is 68.5 Å². The quantitative estimate of drug-likeness (QED) is 0.692. The summed E-state index contributed by atoms with van der Waals surface area (Å²) in [5, 5.41) is 10.1. The number of halogens is 3. The molecule has 0 saturated carbocycles. The molecule has 0 radical (unpaired) electrons. The second-order valence-electron chi connectivity index (χ2n) is 8.12. The first-order chi connectivity index (χ1) is 15.6. The summed E-state index contributed by atoms with van der Waals surface area (Å²) in [6.07, 6.45) is 1.20. The van der Waals surface area contributed by atoms with Crippen LogP contribution >= 0.6 is 0 Å². The summed E-state index contributed by atoms with van der Waals surface area (Å²) >= 11 is 0. The first kappa shape index (κ1) is 24.8. The summed E-state index contributed by atoms with van der Waals surface area (Å²) in [6, 6.07) is 3.69. The number of hydrogen-bond donors (Lipinski definition) is 2. The molecule has 0 spiro atoms. The second kappa shape index (κ2) is 10.8. The highest BCUT2D eigenvalue weighted by atomic mass is 19.4. The smallest absolute Gasteiger partial charge is 0.475 e. The Morgan fingerprint density at radius 3 is 2.58 bits per heavy atom. The average molecular weight is 471 g/mol. The van der Waals surface area contributed by atoms with E-state index in [9.17, 15) is 18.0 Å². The number of nitrogens with zero attached hydrogens (tertiary/aromatic N) is 4. The Morgan fingerprint density at radius 2 is 1.97 bits per heavy atom. The van der Waals surface area contributed by atoms with E-state index in [1.54, 1.807) is 0 Å². The molecule has 1 saturated heterocycles. The number of ether oxygens (including phenoxy) is 1. The van der Waals surface area contributed by atoms with Gasteiger partial charge in [-0.25, -0.2) is 9.78 Å². The maximum atomic E-state index is 12.2. The van der Waals surface area contributed by atoms with Crippen LogP contribution in [0.25, 0.3) is 0 Å². The molecular formula is C21H28F3N5O4. The number of carbonyl (C=O) groups is 2. The van der Waals surface area contributed by atoms with Gasteiger partial charge in [-0.2, -0.15) is 13.2 Å². The Balaban J connectivity index is 0.000000383. The zero-order valence-electron chi connectivity index (χ0n) is 18.3. The number of aryl methyl sites for hydroxylation is 1. The van der Waals surface area contributed by atoms with E-state index in [1.807, 2.05) is 29.9 Å². The van der Waals surface area contributed by atoms with Crippen LogP contribution in [0.5, 0.6) is 0 Å². The van der Waals surface area contributed by atoms with Crippen LogP contribution in [0.1, 0.15) is 34.8 Å². The van der Waals surface area contributed by atoms with Gasteiger partial charge in [0.15, 0.2) is 0 Å². The van der Waals surface area contributed by atoms with Gasteiger partial charge in [0.25, 0.3) is 5.91 Å². The number of carboxylic acids is 1. The number of imidazole rings is 1. The molecule has 1 fully saturated rings. The van der Waals surface area contributed by atoms with E-state index < -0.39 is 12.1 Å². The number of fused-ring (bicyclic) bond motifs is 1. The first-order valence-corrected chi connectivity index (χ1v) is 10.7. The number of alkyl halides is 3. The molecule has 0 aliphatic carbocycles. The normalized spacial score (nSPS) is 17.1. The lowest BCUT2D eigenvalue weighted by molar-refractivity contribution is -0.192. The van der Waals surface area contributed by atoms with Gasteiger partial charge in [0.1, 0.15) is 11.5 Å². The molecule has 0 aromatic carbocycles. The van der Waals surface area contributed by atoms with E-state index in [0.29, 0.717) is 12.2 Å². The fraction of sp³-hybridized carbons (Fsp3) is 0.571. The zero-order valence-corrected chi connectivity index (χ0v) is 18.3. The predicted molar refractivity (Wildman–Crippen MR) is 111 cm³/mol. The van der Waals surface area contributed by atoms with Crippen LogP contribution in [-0.2, 0) is 36.2 Å². The van der Waals surface area contributed by atoms with Crippen molar-refractivity contribution in [1.82, 2.24) is 24.3 Å². The van der Waals surface area contributed by atoms with Gasteiger partial charge in [0, 0.05) is 52.3 Å². The molecule has 2 aromatic heterocycles.